The van der Waals surface area contributed by atoms with Crippen molar-refractivity contribution >= 4 is 56.3 Å². The molecule has 2 aliphatic rings. The number of aldehydes is 1. The summed E-state index contributed by atoms with van der Waals surface area (Å²) in [6, 6.07) is 8.62. The Morgan fingerprint density at radius 1 is 0.772 bits per heavy atom. The number of hydrogen-bond acceptors (Lipinski definition) is 10. The zero-order chi connectivity index (χ0) is 41.8. The number of nitrogens with one attached hydrogen (secondary N) is 4. The fourth-order valence-electron chi connectivity index (χ4n) is 5.31. The molecule has 6 heterocycles. The second kappa shape index (κ2) is 28.5. The number of amides is 3. The van der Waals surface area contributed by atoms with E-state index < -0.39 is 6.09 Å². The predicted octanol–water partition coefficient (Wildman–Crippen LogP) is 8.63. The third-order valence-electron chi connectivity index (χ3n) is 7.96. The number of rotatable bonds is 8. The van der Waals surface area contributed by atoms with Crippen LogP contribution in [-0.2, 0) is 19.1 Å². The number of carbonyl (C=O) groups is 4. The number of nitrogens with zero attached hydrogens (tertiary/aromatic N) is 4. The van der Waals surface area contributed by atoms with Crippen molar-refractivity contribution in [3.05, 3.63) is 60.1 Å². The van der Waals surface area contributed by atoms with Gasteiger partial charge in [-0.1, -0.05) is 64.8 Å². The van der Waals surface area contributed by atoms with Gasteiger partial charge in [-0.05, 0) is 63.9 Å². The maximum absolute atomic E-state index is 11.3. The Bertz CT molecular complexity index is 1810. The number of hydrogen-bond donors (Lipinski definition) is 4. The number of imidazole rings is 2. The highest BCUT2D eigenvalue weighted by atomic mass is 32.1. The van der Waals surface area contributed by atoms with E-state index in [1.165, 1.54) is 71.8 Å². The third-order valence-corrected chi connectivity index (χ3v) is 10.1. The lowest BCUT2D eigenvalue weighted by atomic mass is 10.1. The van der Waals surface area contributed by atoms with Gasteiger partial charge in [0.2, 0.25) is 11.8 Å². The molecule has 0 atom stereocenters. The van der Waals surface area contributed by atoms with Crippen molar-refractivity contribution in [3.63, 3.8) is 0 Å². The molecule has 7 rings (SSSR count). The molecule has 4 N–H and O–H groups in total. The number of ether oxygens (including phenoxy) is 1. The van der Waals surface area contributed by atoms with Crippen molar-refractivity contribution < 1.29 is 23.9 Å². The fourth-order valence-corrected chi connectivity index (χ4v) is 7.75. The summed E-state index contributed by atoms with van der Waals surface area (Å²) in [6.07, 6.45) is 14.7. The molecule has 312 valence electrons. The molecular weight excluding hydrogens is 761 g/mol. The van der Waals surface area contributed by atoms with Gasteiger partial charge in [0.1, 0.15) is 6.29 Å². The van der Waals surface area contributed by atoms with E-state index in [2.05, 4.69) is 110 Å². The van der Waals surface area contributed by atoms with Crippen molar-refractivity contribution in [2.24, 2.45) is 0 Å². The van der Waals surface area contributed by atoms with Crippen molar-refractivity contribution in [3.8, 4) is 33.6 Å². The molecular formula is C42H62N8O5S2. The second-order valence-corrected chi connectivity index (χ2v) is 14.9. The Kier molecular flexibility index (Phi) is 24.2. The lowest BCUT2D eigenvalue weighted by Gasteiger charge is -2.14. The summed E-state index contributed by atoms with van der Waals surface area (Å²) in [7, 11) is 2.17. The second-order valence-electron chi connectivity index (χ2n) is 13.2. The summed E-state index contributed by atoms with van der Waals surface area (Å²) < 4.78 is 7.08. The van der Waals surface area contributed by atoms with Crippen LogP contribution in [0.5, 0.6) is 0 Å². The summed E-state index contributed by atoms with van der Waals surface area (Å²) >= 11 is 3.58. The van der Waals surface area contributed by atoms with Gasteiger partial charge in [0.25, 0.3) is 0 Å². The molecule has 2 aliphatic heterocycles. The van der Waals surface area contributed by atoms with Gasteiger partial charge in [0.15, 0.2) is 0 Å². The van der Waals surface area contributed by atoms with Crippen LogP contribution in [0.4, 0.5) is 4.79 Å². The molecule has 57 heavy (non-hydrogen) atoms. The highest BCUT2D eigenvalue weighted by molar-refractivity contribution is 7.27. The van der Waals surface area contributed by atoms with E-state index in [4.69, 9.17) is 0 Å². The third kappa shape index (κ3) is 17.9. The van der Waals surface area contributed by atoms with Crippen LogP contribution in [0, 0.1) is 0 Å². The van der Waals surface area contributed by atoms with Crippen LogP contribution in [0.25, 0.3) is 43.0 Å². The SMILES string of the molecule is CC(=O)NCC(=O)N1CCCC1.CCC.CCC.CCOC(=O)NCC=O.CN1CCCC1.c1ncc(-c2ccc(-c3csc4c(-c5cnc[nH]5)csc34)cc2)[nH]1. The van der Waals surface area contributed by atoms with Crippen LogP contribution in [0.2, 0.25) is 0 Å². The fraction of sp³-hybridized carbons (Fsp3) is 0.476. The van der Waals surface area contributed by atoms with Crippen LogP contribution in [0.15, 0.2) is 60.1 Å². The molecule has 2 saturated heterocycles. The number of H-pyrrole nitrogens is 2. The molecule has 0 saturated carbocycles. The number of thiophene rings is 2. The molecule has 1 aromatic carbocycles. The van der Waals surface area contributed by atoms with Crippen LogP contribution >= 0.6 is 22.7 Å². The van der Waals surface area contributed by atoms with Gasteiger partial charge < -0.3 is 39.9 Å². The van der Waals surface area contributed by atoms with Gasteiger partial charge in [-0.15, -0.1) is 22.7 Å². The number of aromatic nitrogens is 4. The van der Waals surface area contributed by atoms with E-state index in [0.29, 0.717) is 12.9 Å². The molecule has 0 aliphatic carbocycles. The van der Waals surface area contributed by atoms with Crippen molar-refractivity contribution in [1.29, 1.82) is 0 Å². The normalized spacial score (nSPS) is 12.8. The van der Waals surface area contributed by atoms with Gasteiger partial charge in [-0.2, -0.15) is 0 Å². The maximum Gasteiger partial charge on any atom is 0.407 e. The summed E-state index contributed by atoms with van der Waals surface area (Å²) in [5.74, 6) is -0.120. The molecule has 4 aromatic heterocycles. The topological polar surface area (TPSA) is 165 Å². The molecule has 13 nitrogen and oxygen atoms in total. The smallest absolute Gasteiger partial charge is 0.407 e. The monoisotopic (exact) mass is 822 g/mol. The summed E-state index contributed by atoms with van der Waals surface area (Å²) in [4.78, 5) is 60.4. The minimum Gasteiger partial charge on any atom is -0.450 e. The van der Waals surface area contributed by atoms with E-state index in [9.17, 15) is 19.2 Å². The molecule has 0 bridgehead atoms. The maximum atomic E-state index is 11.3. The Morgan fingerprint density at radius 3 is 1.75 bits per heavy atom. The molecule has 5 aromatic rings. The Labute approximate surface area is 346 Å². The van der Waals surface area contributed by atoms with Gasteiger partial charge in [0.05, 0.1) is 65.5 Å². The zero-order valence-corrected chi connectivity index (χ0v) is 36.3. The molecule has 3 amide bonds. The Balaban J connectivity index is 0.000000285. The van der Waals surface area contributed by atoms with Gasteiger partial charge >= 0.3 is 6.09 Å². The number of aromatic amines is 2. The van der Waals surface area contributed by atoms with Crippen LogP contribution in [0.1, 0.15) is 80.1 Å². The first-order chi connectivity index (χ1) is 27.6. The molecule has 2 fully saturated rings. The van der Waals surface area contributed by atoms with Gasteiger partial charge in [-0.25, -0.2) is 14.8 Å². The average Bonchev–Trinajstić information content (AvgIpc) is 4.05. The Hall–Kier alpha value is -4.86. The van der Waals surface area contributed by atoms with Crippen molar-refractivity contribution in [1.82, 2.24) is 40.4 Å². The first kappa shape index (κ1) is 48.3. The van der Waals surface area contributed by atoms with E-state index in [0.717, 1.165) is 42.9 Å². The lowest BCUT2D eigenvalue weighted by Crippen LogP contribution is -2.37. The first-order valence-corrected chi connectivity index (χ1v) is 21.5. The molecule has 0 spiro atoms. The highest BCUT2D eigenvalue weighted by Crippen LogP contribution is 2.43. The number of carbonyl (C=O) groups excluding carboxylic acids is 4. The molecule has 15 heteroatoms. The number of alkyl carbamates (subject to hydrolysis) is 1. The van der Waals surface area contributed by atoms with E-state index in [-0.39, 0.29) is 24.9 Å². The molecule has 0 radical (unpaired) electrons. The summed E-state index contributed by atoms with van der Waals surface area (Å²) in [5, 5.41) is 9.14. The largest absolute Gasteiger partial charge is 0.450 e. The Morgan fingerprint density at radius 2 is 1.28 bits per heavy atom. The number of fused-ring (bicyclic) bond motifs is 1. The number of likely N-dealkylation sites (tertiary alicyclic amines) is 2. The van der Waals surface area contributed by atoms with Crippen LogP contribution in [-0.4, -0.2) is 107 Å². The van der Waals surface area contributed by atoms with Crippen molar-refractivity contribution in [2.45, 2.75) is 80.1 Å². The quantitative estimate of drug-likeness (QED) is 0.113. The van der Waals surface area contributed by atoms with Crippen LogP contribution < -0.4 is 10.6 Å². The average molecular weight is 823 g/mol. The predicted molar refractivity (Wildman–Crippen MR) is 235 cm³/mol. The van der Waals surface area contributed by atoms with E-state index >= 15 is 0 Å². The summed E-state index contributed by atoms with van der Waals surface area (Å²) in [6.45, 7) is 16.4. The zero-order valence-electron chi connectivity index (χ0n) is 34.7. The first-order valence-electron chi connectivity index (χ1n) is 19.7. The minimum absolute atomic E-state index is 0.0127. The summed E-state index contributed by atoms with van der Waals surface area (Å²) in [5.41, 5.74) is 7.02. The van der Waals surface area contributed by atoms with E-state index in [1.807, 2.05) is 12.4 Å². The number of benzene rings is 1. The highest BCUT2D eigenvalue weighted by Gasteiger charge is 2.17. The standard InChI is InChI=1S/C18H12N4S2.C8H14N2O2.C5H9NO3.C5H11N.2C3H8/c1-3-12(15-5-19-9-21-15)4-2-11(1)13-7-23-18-14(8-24-17(13)18)16-6-20-10-22-16;1-7(11)9-6-8(12)10-4-2-3-5-10;1-2-9-5(8)6-3-4-7;1-6-4-2-3-5-6;2*1-3-2/h1-10H,(H,19,21)(H,20,22);2-6H2,1H3,(H,9,11);4H,2-3H2,1H3,(H,6,8);2-5H2,1H3;2*3H2,1-2H3. The molecule has 0 unspecified atom stereocenters. The lowest BCUT2D eigenvalue weighted by molar-refractivity contribution is -0.131. The van der Waals surface area contributed by atoms with E-state index in [1.54, 1.807) is 47.2 Å². The van der Waals surface area contributed by atoms with Crippen LogP contribution in [0.3, 0.4) is 0 Å². The van der Waals surface area contributed by atoms with Crippen molar-refractivity contribution in [2.75, 3.05) is 52.9 Å². The minimum atomic E-state index is -0.551. The van der Waals surface area contributed by atoms with Gasteiger partial charge in [0, 0.05) is 41.9 Å². The van der Waals surface area contributed by atoms with Gasteiger partial charge in [-0.3, -0.25) is 9.59 Å².